The third-order valence-corrected chi connectivity index (χ3v) is 4.22. The van der Waals surface area contributed by atoms with Crippen LogP contribution in [0.3, 0.4) is 0 Å². The van der Waals surface area contributed by atoms with Gasteiger partial charge in [-0.2, -0.15) is 0 Å². The Balaban J connectivity index is 2.05. The number of anilines is 2. The number of nitrogen functional groups attached to an aromatic ring is 1. The highest BCUT2D eigenvalue weighted by atomic mass is 19.1. The number of pyridine rings is 1. The van der Waals surface area contributed by atoms with Crippen LogP contribution >= 0.6 is 0 Å². The highest BCUT2D eigenvalue weighted by Crippen LogP contribution is 2.33. The first kappa shape index (κ1) is 16.0. The van der Waals surface area contributed by atoms with E-state index in [0.717, 1.165) is 16.8 Å². The molecule has 7 heteroatoms. The average Bonchev–Trinajstić information content (AvgIpc) is 3.02. The number of rotatable bonds is 3. The molecule has 0 saturated carbocycles. The number of hydrogen-bond acceptors (Lipinski definition) is 5. The zero-order chi connectivity index (χ0) is 18.3. The summed E-state index contributed by atoms with van der Waals surface area (Å²) in [5.74, 6) is 0.867. The highest BCUT2D eigenvalue weighted by Gasteiger charge is 2.18. The normalized spacial score (nSPS) is 11.0. The number of nitrogens with zero attached hydrogens (tertiary/aromatic N) is 4. The first-order chi connectivity index (χ1) is 12.6. The van der Waals surface area contributed by atoms with Crippen LogP contribution in [0.2, 0.25) is 0 Å². The van der Waals surface area contributed by atoms with Crippen molar-refractivity contribution in [3.8, 4) is 22.5 Å². The molecule has 26 heavy (non-hydrogen) atoms. The van der Waals surface area contributed by atoms with E-state index in [2.05, 4.69) is 15.4 Å². The van der Waals surface area contributed by atoms with Gasteiger partial charge in [0, 0.05) is 24.4 Å². The van der Waals surface area contributed by atoms with Crippen LogP contribution in [0.1, 0.15) is 5.56 Å². The molecule has 6 nitrogen and oxygen atoms in total. The molecule has 0 bridgehead atoms. The molecule has 0 amide bonds. The first-order valence-corrected chi connectivity index (χ1v) is 8.13. The summed E-state index contributed by atoms with van der Waals surface area (Å²) in [7, 11) is 1.80. The molecule has 0 aliphatic carbocycles. The molecule has 0 fully saturated rings. The maximum atomic E-state index is 13.7. The van der Waals surface area contributed by atoms with Crippen LogP contribution in [0.15, 0.2) is 48.7 Å². The zero-order valence-corrected chi connectivity index (χ0v) is 14.4. The van der Waals surface area contributed by atoms with E-state index >= 15 is 0 Å². The molecule has 0 saturated heterocycles. The van der Waals surface area contributed by atoms with E-state index in [0.29, 0.717) is 28.5 Å². The van der Waals surface area contributed by atoms with Crippen molar-refractivity contribution in [3.05, 3.63) is 60.0 Å². The SMILES string of the molecule is CNc1ccc2nc(-c3ccc(F)c(C)c3)c(-c3ccnc(N)c3)n2n1. The van der Waals surface area contributed by atoms with Gasteiger partial charge in [0.05, 0.1) is 5.69 Å². The van der Waals surface area contributed by atoms with Crippen molar-refractivity contribution >= 4 is 17.3 Å². The Bertz CT molecular complexity index is 1120. The van der Waals surface area contributed by atoms with Gasteiger partial charge >= 0.3 is 0 Å². The molecule has 3 heterocycles. The van der Waals surface area contributed by atoms with Crippen molar-refractivity contribution in [2.24, 2.45) is 0 Å². The summed E-state index contributed by atoms with van der Waals surface area (Å²) in [6, 6.07) is 12.3. The molecular weight excluding hydrogens is 331 g/mol. The second kappa shape index (κ2) is 6.11. The predicted molar refractivity (Wildman–Crippen MR) is 100 cm³/mol. The van der Waals surface area contributed by atoms with E-state index in [-0.39, 0.29) is 5.82 Å². The average molecular weight is 348 g/mol. The van der Waals surface area contributed by atoms with Crippen LogP contribution in [-0.4, -0.2) is 26.6 Å². The number of benzene rings is 1. The molecule has 0 spiro atoms. The van der Waals surface area contributed by atoms with Gasteiger partial charge < -0.3 is 11.1 Å². The third-order valence-electron chi connectivity index (χ3n) is 4.22. The Morgan fingerprint density at radius 1 is 1.08 bits per heavy atom. The summed E-state index contributed by atoms with van der Waals surface area (Å²) in [5.41, 5.74) is 10.2. The maximum absolute atomic E-state index is 13.7. The van der Waals surface area contributed by atoms with Gasteiger partial charge in [-0.1, -0.05) is 0 Å². The predicted octanol–water partition coefficient (Wildman–Crippen LogP) is 3.53. The Kier molecular flexibility index (Phi) is 3.76. The standard InChI is InChI=1S/C19H17FN6/c1-11-9-12(3-4-14(11)20)18-19(13-7-8-23-15(21)10-13)26-17(24-18)6-5-16(22-2)25-26/h3-10H,1-2H3,(H2,21,23)(H,22,25). The summed E-state index contributed by atoms with van der Waals surface area (Å²) in [4.78, 5) is 8.78. The summed E-state index contributed by atoms with van der Waals surface area (Å²) in [6.07, 6.45) is 1.64. The Labute approximate surface area is 149 Å². The molecule has 0 aliphatic rings. The van der Waals surface area contributed by atoms with Gasteiger partial charge in [0.2, 0.25) is 0 Å². The summed E-state index contributed by atoms with van der Waals surface area (Å²) >= 11 is 0. The van der Waals surface area contributed by atoms with Crippen molar-refractivity contribution in [2.45, 2.75) is 6.92 Å². The fraction of sp³-hybridized carbons (Fsp3) is 0.105. The molecule has 0 aliphatic heterocycles. The Morgan fingerprint density at radius 3 is 2.65 bits per heavy atom. The summed E-state index contributed by atoms with van der Waals surface area (Å²) in [6.45, 7) is 1.73. The van der Waals surface area contributed by atoms with Crippen molar-refractivity contribution < 1.29 is 4.39 Å². The van der Waals surface area contributed by atoms with Gasteiger partial charge in [0.15, 0.2) is 5.65 Å². The lowest BCUT2D eigenvalue weighted by atomic mass is 10.0. The van der Waals surface area contributed by atoms with Crippen molar-refractivity contribution in [2.75, 3.05) is 18.1 Å². The third kappa shape index (κ3) is 2.63. The maximum Gasteiger partial charge on any atom is 0.155 e. The van der Waals surface area contributed by atoms with Crippen LogP contribution in [0.4, 0.5) is 16.0 Å². The topological polar surface area (TPSA) is 81.1 Å². The number of nitrogens with two attached hydrogens (primary N) is 1. The van der Waals surface area contributed by atoms with Crippen LogP contribution in [0.25, 0.3) is 28.2 Å². The van der Waals surface area contributed by atoms with Crippen molar-refractivity contribution in [1.82, 2.24) is 19.6 Å². The fourth-order valence-electron chi connectivity index (χ4n) is 2.91. The Hall–Kier alpha value is -3.48. The van der Waals surface area contributed by atoms with Gasteiger partial charge in [-0.25, -0.2) is 18.9 Å². The highest BCUT2D eigenvalue weighted by molar-refractivity contribution is 5.82. The molecule has 3 N–H and O–H groups in total. The fourth-order valence-corrected chi connectivity index (χ4v) is 2.91. The molecule has 4 rings (SSSR count). The Morgan fingerprint density at radius 2 is 1.92 bits per heavy atom. The molecule has 1 aromatic carbocycles. The van der Waals surface area contributed by atoms with E-state index < -0.39 is 0 Å². The number of nitrogens with one attached hydrogen (secondary N) is 1. The van der Waals surface area contributed by atoms with E-state index in [9.17, 15) is 4.39 Å². The summed E-state index contributed by atoms with van der Waals surface area (Å²) < 4.78 is 15.5. The van der Waals surface area contributed by atoms with Gasteiger partial charge in [-0.15, -0.1) is 5.10 Å². The van der Waals surface area contributed by atoms with Gasteiger partial charge in [0.25, 0.3) is 0 Å². The van der Waals surface area contributed by atoms with Crippen LogP contribution in [0.5, 0.6) is 0 Å². The number of aryl methyl sites for hydroxylation is 1. The molecule has 0 radical (unpaired) electrons. The van der Waals surface area contributed by atoms with E-state index in [4.69, 9.17) is 10.7 Å². The van der Waals surface area contributed by atoms with E-state index in [1.54, 1.807) is 42.9 Å². The second-order valence-electron chi connectivity index (χ2n) is 5.98. The molecule has 0 atom stereocenters. The molecule has 3 aromatic heterocycles. The number of fused-ring (bicyclic) bond motifs is 1. The monoisotopic (exact) mass is 348 g/mol. The molecule has 0 unspecified atom stereocenters. The van der Waals surface area contributed by atoms with Crippen LogP contribution < -0.4 is 11.1 Å². The van der Waals surface area contributed by atoms with Crippen molar-refractivity contribution in [1.29, 1.82) is 0 Å². The van der Waals surface area contributed by atoms with Gasteiger partial charge in [-0.3, -0.25) is 0 Å². The number of halogens is 1. The minimum atomic E-state index is -0.247. The number of hydrogen-bond donors (Lipinski definition) is 2. The number of aromatic nitrogens is 4. The van der Waals surface area contributed by atoms with Crippen LogP contribution in [-0.2, 0) is 0 Å². The molecular formula is C19H17FN6. The largest absolute Gasteiger partial charge is 0.384 e. The van der Waals surface area contributed by atoms with Crippen LogP contribution in [0, 0.1) is 12.7 Å². The lowest BCUT2D eigenvalue weighted by Gasteiger charge is -2.07. The second-order valence-corrected chi connectivity index (χ2v) is 5.98. The summed E-state index contributed by atoms with van der Waals surface area (Å²) in [5, 5.41) is 7.62. The first-order valence-electron chi connectivity index (χ1n) is 8.13. The smallest absolute Gasteiger partial charge is 0.155 e. The number of imidazole rings is 1. The quantitative estimate of drug-likeness (QED) is 0.592. The van der Waals surface area contributed by atoms with Crippen molar-refractivity contribution in [3.63, 3.8) is 0 Å². The molecule has 4 aromatic rings. The van der Waals surface area contributed by atoms with Gasteiger partial charge in [0.1, 0.15) is 23.1 Å². The van der Waals surface area contributed by atoms with E-state index in [1.165, 1.54) is 6.07 Å². The van der Waals surface area contributed by atoms with Gasteiger partial charge in [-0.05, 0) is 55.0 Å². The van der Waals surface area contributed by atoms with E-state index in [1.807, 2.05) is 18.2 Å². The lowest BCUT2D eigenvalue weighted by Crippen LogP contribution is -2.00. The minimum absolute atomic E-state index is 0.247. The zero-order valence-electron chi connectivity index (χ0n) is 14.4. The lowest BCUT2D eigenvalue weighted by molar-refractivity contribution is 0.619. The minimum Gasteiger partial charge on any atom is -0.384 e. The molecule has 130 valence electrons.